The van der Waals surface area contributed by atoms with E-state index in [0.717, 1.165) is 37.8 Å². The van der Waals surface area contributed by atoms with Gasteiger partial charge in [-0.15, -0.1) is 0 Å². The van der Waals surface area contributed by atoms with Crippen LogP contribution in [0.1, 0.15) is 43.6 Å². The molecule has 1 saturated carbocycles. The summed E-state index contributed by atoms with van der Waals surface area (Å²) in [4.78, 5) is 11.3. The van der Waals surface area contributed by atoms with Crippen molar-refractivity contribution in [2.24, 2.45) is 5.73 Å². The Labute approximate surface area is 102 Å². The topological polar surface area (TPSA) is 55.0 Å². The minimum Gasteiger partial charge on any atom is -0.341 e. The largest absolute Gasteiger partial charge is 0.341 e. The monoisotopic (exact) mass is 232 g/mol. The molecule has 1 aliphatic heterocycles. The first-order valence-corrected chi connectivity index (χ1v) is 6.65. The van der Waals surface area contributed by atoms with E-state index in [0.29, 0.717) is 6.04 Å². The standard InChI is InChI=1S/C13H20N4/c14-12-4-6-17(7-5-12)13-15-8-11(9-16-13)10-2-1-3-10/h8-10,12H,1-7,14H2. The zero-order valence-corrected chi connectivity index (χ0v) is 10.2. The molecule has 3 rings (SSSR count). The lowest BCUT2D eigenvalue weighted by Gasteiger charge is -2.30. The highest BCUT2D eigenvalue weighted by Gasteiger charge is 2.21. The van der Waals surface area contributed by atoms with Crippen molar-refractivity contribution in [2.45, 2.75) is 44.1 Å². The molecule has 4 heteroatoms. The van der Waals surface area contributed by atoms with Crippen LogP contribution in [-0.4, -0.2) is 29.1 Å². The smallest absolute Gasteiger partial charge is 0.225 e. The van der Waals surface area contributed by atoms with E-state index >= 15 is 0 Å². The van der Waals surface area contributed by atoms with E-state index in [1.54, 1.807) is 0 Å². The van der Waals surface area contributed by atoms with Gasteiger partial charge in [-0.3, -0.25) is 0 Å². The van der Waals surface area contributed by atoms with E-state index in [4.69, 9.17) is 5.73 Å². The van der Waals surface area contributed by atoms with E-state index in [2.05, 4.69) is 14.9 Å². The van der Waals surface area contributed by atoms with Crippen molar-refractivity contribution in [2.75, 3.05) is 18.0 Å². The van der Waals surface area contributed by atoms with Crippen LogP contribution >= 0.6 is 0 Å². The molecule has 1 aromatic rings. The summed E-state index contributed by atoms with van der Waals surface area (Å²) in [6.07, 6.45) is 10.1. The summed E-state index contributed by atoms with van der Waals surface area (Å²) >= 11 is 0. The van der Waals surface area contributed by atoms with Crippen LogP contribution in [0, 0.1) is 0 Å². The Morgan fingerprint density at radius 1 is 1.06 bits per heavy atom. The molecule has 0 unspecified atom stereocenters. The van der Waals surface area contributed by atoms with E-state index in [-0.39, 0.29) is 0 Å². The Bertz CT molecular complexity index is 364. The van der Waals surface area contributed by atoms with Gasteiger partial charge >= 0.3 is 0 Å². The van der Waals surface area contributed by atoms with Gasteiger partial charge in [-0.2, -0.15) is 0 Å². The third-order valence-corrected chi connectivity index (χ3v) is 4.06. The number of aromatic nitrogens is 2. The molecule has 0 amide bonds. The van der Waals surface area contributed by atoms with E-state index in [1.165, 1.54) is 24.8 Å². The summed E-state index contributed by atoms with van der Waals surface area (Å²) in [6.45, 7) is 1.98. The third kappa shape index (κ3) is 2.27. The molecule has 0 atom stereocenters. The van der Waals surface area contributed by atoms with Crippen LogP contribution in [0.25, 0.3) is 0 Å². The minimum atomic E-state index is 0.362. The predicted octanol–water partition coefficient (Wildman–Crippen LogP) is 1.67. The molecule has 0 spiro atoms. The molecule has 1 aliphatic carbocycles. The van der Waals surface area contributed by atoms with Gasteiger partial charge in [0.25, 0.3) is 0 Å². The Balaban J connectivity index is 1.67. The fourth-order valence-corrected chi connectivity index (χ4v) is 2.55. The summed E-state index contributed by atoms with van der Waals surface area (Å²) in [5.41, 5.74) is 7.21. The van der Waals surface area contributed by atoms with Crippen LogP contribution < -0.4 is 10.6 Å². The average molecular weight is 232 g/mol. The van der Waals surface area contributed by atoms with Crippen LogP contribution in [0.2, 0.25) is 0 Å². The first-order chi connectivity index (χ1) is 8.33. The van der Waals surface area contributed by atoms with Crippen LogP contribution in [0.5, 0.6) is 0 Å². The highest BCUT2D eigenvalue weighted by atomic mass is 15.2. The van der Waals surface area contributed by atoms with E-state index < -0.39 is 0 Å². The third-order valence-electron chi connectivity index (χ3n) is 4.06. The zero-order chi connectivity index (χ0) is 11.7. The zero-order valence-electron chi connectivity index (χ0n) is 10.2. The highest BCUT2D eigenvalue weighted by molar-refractivity contribution is 5.31. The molecule has 0 bridgehead atoms. The maximum Gasteiger partial charge on any atom is 0.225 e. The van der Waals surface area contributed by atoms with E-state index in [9.17, 15) is 0 Å². The Morgan fingerprint density at radius 2 is 1.71 bits per heavy atom. The van der Waals surface area contributed by atoms with Crippen LogP contribution in [0.4, 0.5) is 5.95 Å². The van der Waals surface area contributed by atoms with Crippen LogP contribution in [0.15, 0.2) is 12.4 Å². The summed E-state index contributed by atoms with van der Waals surface area (Å²) in [5.74, 6) is 1.60. The van der Waals surface area contributed by atoms with Crippen molar-refractivity contribution < 1.29 is 0 Å². The maximum absolute atomic E-state index is 5.90. The molecule has 2 fully saturated rings. The molecule has 2 aliphatic rings. The van der Waals surface area contributed by atoms with Crippen molar-refractivity contribution in [3.05, 3.63) is 18.0 Å². The van der Waals surface area contributed by atoms with Crippen molar-refractivity contribution in [1.82, 2.24) is 9.97 Å². The molecule has 0 radical (unpaired) electrons. The van der Waals surface area contributed by atoms with Gasteiger partial charge in [0.05, 0.1) is 0 Å². The predicted molar refractivity (Wildman–Crippen MR) is 68.0 cm³/mol. The lowest BCUT2D eigenvalue weighted by Crippen LogP contribution is -2.40. The Kier molecular flexibility index (Phi) is 2.97. The first-order valence-electron chi connectivity index (χ1n) is 6.65. The lowest BCUT2D eigenvalue weighted by molar-refractivity contribution is 0.417. The lowest BCUT2D eigenvalue weighted by atomic mass is 9.81. The van der Waals surface area contributed by atoms with Crippen molar-refractivity contribution in [3.8, 4) is 0 Å². The summed E-state index contributed by atoms with van der Waals surface area (Å²) in [6, 6.07) is 0.362. The quantitative estimate of drug-likeness (QED) is 0.842. The molecule has 92 valence electrons. The normalized spacial score (nSPS) is 22.5. The van der Waals surface area contributed by atoms with Gasteiger partial charge in [0.2, 0.25) is 5.95 Å². The number of piperidine rings is 1. The second-order valence-electron chi connectivity index (χ2n) is 5.27. The summed E-state index contributed by atoms with van der Waals surface area (Å²) in [5, 5.41) is 0. The molecule has 0 aromatic carbocycles. The number of hydrogen-bond acceptors (Lipinski definition) is 4. The molecular weight excluding hydrogens is 212 g/mol. The van der Waals surface area contributed by atoms with Crippen molar-refractivity contribution >= 4 is 5.95 Å². The van der Waals surface area contributed by atoms with Gasteiger partial charge in [-0.25, -0.2) is 9.97 Å². The second-order valence-corrected chi connectivity index (χ2v) is 5.27. The Morgan fingerprint density at radius 3 is 2.24 bits per heavy atom. The number of nitrogens with zero attached hydrogens (tertiary/aromatic N) is 3. The van der Waals surface area contributed by atoms with Gasteiger partial charge < -0.3 is 10.6 Å². The fourth-order valence-electron chi connectivity index (χ4n) is 2.55. The number of anilines is 1. The molecule has 1 aromatic heterocycles. The first kappa shape index (κ1) is 11.0. The summed E-state index contributed by atoms with van der Waals surface area (Å²) < 4.78 is 0. The van der Waals surface area contributed by atoms with Crippen LogP contribution in [-0.2, 0) is 0 Å². The van der Waals surface area contributed by atoms with Gasteiger partial charge in [-0.1, -0.05) is 6.42 Å². The number of rotatable bonds is 2. The minimum absolute atomic E-state index is 0.362. The second kappa shape index (κ2) is 4.61. The van der Waals surface area contributed by atoms with E-state index in [1.807, 2.05) is 12.4 Å². The molecule has 2 heterocycles. The highest BCUT2D eigenvalue weighted by Crippen LogP contribution is 2.35. The maximum atomic E-state index is 5.90. The molecule has 1 saturated heterocycles. The molecule has 17 heavy (non-hydrogen) atoms. The molecular formula is C13H20N4. The average Bonchev–Trinajstić information content (AvgIpc) is 2.29. The number of nitrogens with two attached hydrogens (primary N) is 1. The molecule has 2 N–H and O–H groups in total. The van der Waals surface area contributed by atoms with Crippen molar-refractivity contribution in [3.63, 3.8) is 0 Å². The van der Waals surface area contributed by atoms with Crippen molar-refractivity contribution in [1.29, 1.82) is 0 Å². The van der Waals surface area contributed by atoms with Crippen LogP contribution in [0.3, 0.4) is 0 Å². The Hall–Kier alpha value is -1.16. The fraction of sp³-hybridized carbons (Fsp3) is 0.692. The van der Waals surface area contributed by atoms with Gasteiger partial charge in [0.15, 0.2) is 0 Å². The SMILES string of the molecule is NC1CCN(c2ncc(C3CCC3)cn2)CC1. The van der Waals surface area contributed by atoms with Gasteiger partial charge in [-0.05, 0) is 37.2 Å². The van der Waals surface area contributed by atoms with Gasteiger partial charge in [0, 0.05) is 31.5 Å². The van der Waals surface area contributed by atoms with Gasteiger partial charge in [0.1, 0.15) is 0 Å². The number of hydrogen-bond donors (Lipinski definition) is 1. The molecule has 4 nitrogen and oxygen atoms in total. The summed E-state index contributed by atoms with van der Waals surface area (Å²) in [7, 11) is 0.